The van der Waals surface area contributed by atoms with Crippen molar-refractivity contribution in [1.82, 2.24) is 15.4 Å². The molecule has 0 saturated heterocycles. The Kier molecular flexibility index (Phi) is 5.30. The Balaban J connectivity index is 1.59. The van der Waals surface area contributed by atoms with Crippen LogP contribution in [-0.4, -0.2) is 36.7 Å². The van der Waals surface area contributed by atoms with Crippen molar-refractivity contribution in [2.75, 3.05) is 26.0 Å². The minimum absolute atomic E-state index is 0.221. The fourth-order valence-electron chi connectivity index (χ4n) is 2.62. The predicted molar refractivity (Wildman–Crippen MR) is 98.6 cm³/mol. The molecule has 0 saturated carbocycles. The molecule has 25 heavy (non-hydrogen) atoms. The van der Waals surface area contributed by atoms with Crippen LogP contribution in [0, 0.1) is 0 Å². The van der Waals surface area contributed by atoms with Crippen molar-refractivity contribution in [2.24, 2.45) is 0 Å². The maximum atomic E-state index is 12.1. The van der Waals surface area contributed by atoms with Gasteiger partial charge in [0, 0.05) is 24.2 Å². The maximum absolute atomic E-state index is 12.1. The highest BCUT2D eigenvalue weighted by Crippen LogP contribution is 2.23. The molecule has 0 bridgehead atoms. The number of nitrogens with zero attached hydrogens (tertiary/aromatic N) is 2. The molecule has 6 nitrogen and oxygen atoms in total. The maximum Gasteiger partial charge on any atom is 0.319 e. The summed E-state index contributed by atoms with van der Waals surface area (Å²) in [7, 11) is 3.95. The summed E-state index contributed by atoms with van der Waals surface area (Å²) in [5.41, 5.74) is 3.48. The first-order chi connectivity index (χ1) is 12.1. The molecule has 0 spiro atoms. The summed E-state index contributed by atoms with van der Waals surface area (Å²) < 4.78 is 5.32. The van der Waals surface area contributed by atoms with Crippen LogP contribution < -0.4 is 10.6 Å². The fraction of sp³-hybridized carbons (Fsp3) is 0.263. The summed E-state index contributed by atoms with van der Waals surface area (Å²) in [6.45, 7) is 1.26. The third-order valence-electron chi connectivity index (χ3n) is 3.81. The number of amides is 2. The van der Waals surface area contributed by atoms with E-state index in [1.54, 1.807) is 0 Å². The van der Waals surface area contributed by atoms with E-state index >= 15 is 0 Å². The van der Waals surface area contributed by atoms with Gasteiger partial charge in [0.15, 0.2) is 5.58 Å². The van der Waals surface area contributed by atoms with Gasteiger partial charge in [0.2, 0.25) is 0 Å². The smallest absolute Gasteiger partial charge is 0.319 e. The Bertz CT molecular complexity index is 843. The molecule has 2 amide bonds. The molecule has 0 aliphatic heterocycles. The van der Waals surface area contributed by atoms with Crippen LogP contribution in [0.3, 0.4) is 0 Å². The van der Waals surface area contributed by atoms with Crippen LogP contribution in [0.25, 0.3) is 11.0 Å². The number of benzene rings is 2. The van der Waals surface area contributed by atoms with Crippen molar-refractivity contribution in [3.05, 3.63) is 59.8 Å². The van der Waals surface area contributed by atoms with Gasteiger partial charge in [0.1, 0.15) is 5.69 Å². The van der Waals surface area contributed by atoms with Gasteiger partial charge in [-0.25, -0.2) is 4.79 Å². The SMILES string of the molecule is CN(C)Cc1noc2ccc(NC(=O)NCCc3ccccc3)cc12. The molecule has 0 radical (unpaired) electrons. The first-order valence-electron chi connectivity index (χ1n) is 8.23. The van der Waals surface area contributed by atoms with Gasteiger partial charge in [0.05, 0.1) is 0 Å². The number of rotatable bonds is 6. The molecule has 0 aliphatic carbocycles. The van der Waals surface area contributed by atoms with Crippen molar-refractivity contribution in [1.29, 1.82) is 0 Å². The van der Waals surface area contributed by atoms with E-state index in [1.165, 1.54) is 5.56 Å². The number of hydrogen-bond acceptors (Lipinski definition) is 4. The quantitative estimate of drug-likeness (QED) is 0.724. The van der Waals surface area contributed by atoms with Crippen molar-refractivity contribution in [3.8, 4) is 0 Å². The fourth-order valence-corrected chi connectivity index (χ4v) is 2.62. The van der Waals surface area contributed by atoms with Crippen LogP contribution in [-0.2, 0) is 13.0 Å². The second-order valence-electron chi connectivity index (χ2n) is 6.19. The molecular weight excluding hydrogens is 316 g/mol. The average Bonchev–Trinajstić information content (AvgIpc) is 2.97. The van der Waals surface area contributed by atoms with E-state index in [-0.39, 0.29) is 6.03 Å². The molecule has 2 aromatic carbocycles. The molecule has 0 unspecified atom stereocenters. The number of carbonyl (C=O) groups is 1. The summed E-state index contributed by atoms with van der Waals surface area (Å²) in [6, 6.07) is 15.4. The van der Waals surface area contributed by atoms with Crippen molar-refractivity contribution >= 4 is 22.7 Å². The highest BCUT2D eigenvalue weighted by Gasteiger charge is 2.10. The zero-order chi connectivity index (χ0) is 17.6. The Morgan fingerprint density at radius 1 is 1.16 bits per heavy atom. The second-order valence-corrected chi connectivity index (χ2v) is 6.19. The zero-order valence-electron chi connectivity index (χ0n) is 14.5. The minimum atomic E-state index is -0.221. The first kappa shape index (κ1) is 17.0. The number of fused-ring (bicyclic) bond motifs is 1. The lowest BCUT2D eigenvalue weighted by Crippen LogP contribution is -2.30. The molecule has 3 rings (SSSR count). The van der Waals surface area contributed by atoms with Gasteiger partial charge in [-0.3, -0.25) is 0 Å². The highest BCUT2D eigenvalue weighted by molar-refractivity contribution is 5.92. The molecule has 3 aromatic rings. The predicted octanol–water partition coefficient (Wildman–Crippen LogP) is 3.25. The van der Waals surface area contributed by atoms with Gasteiger partial charge >= 0.3 is 6.03 Å². The lowest BCUT2D eigenvalue weighted by molar-refractivity contribution is 0.252. The van der Waals surface area contributed by atoms with Gasteiger partial charge in [-0.05, 0) is 44.3 Å². The van der Waals surface area contributed by atoms with Gasteiger partial charge < -0.3 is 20.1 Å². The molecule has 0 atom stereocenters. The largest absolute Gasteiger partial charge is 0.356 e. The Morgan fingerprint density at radius 2 is 1.96 bits per heavy atom. The Hall–Kier alpha value is -2.86. The van der Waals surface area contributed by atoms with E-state index in [9.17, 15) is 4.79 Å². The zero-order valence-corrected chi connectivity index (χ0v) is 14.5. The molecule has 130 valence electrons. The standard InChI is InChI=1S/C19H22N4O2/c1-23(2)13-17-16-12-15(8-9-18(16)25-22-17)21-19(24)20-11-10-14-6-4-3-5-7-14/h3-9,12H,10-11,13H2,1-2H3,(H2,20,21,24). The number of nitrogens with one attached hydrogen (secondary N) is 2. The topological polar surface area (TPSA) is 70.4 Å². The monoisotopic (exact) mass is 338 g/mol. The van der Waals surface area contributed by atoms with Crippen molar-refractivity contribution < 1.29 is 9.32 Å². The lowest BCUT2D eigenvalue weighted by atomic mass is 10.1. The first-order valence-corrected chi connectivity index (χ1v) is 8.23. The Labute approximate surface area is 146 Å². The summed E-state index contributed by atoms with van der Waals surface area (Å²) in [5, 5.41) is 10.7. The number of carbonyl (C=O) groups excluding carboxylic acids is 1. The number of hydrogen-bond donors (Lipinski definition) is 2. The molecular formula is C19H22N4O2. The van der Waals surface area contributed by atoms with E-state index in [0.717, 1.165) is 17.5 Å². The van der Waals surface area contributed by atoms with E-state index in [4.69, 9.17) is 4.52 Å². The van der Waals surface area contributed by atoms with E-state index in [2.05, 4.69) is 15.8 Å². The van der Waals surface area contributed by atoms with E-state index in [1.807, 2.05) is 67.5 Å². The molecule has 2 N–H and O–H groups in total. The summed E-state index contributed by atoms with van der Waals surface area (Å²) in [4.78, 5) is 14.1. The van der Waals surface area contributed by atoms with Gasteiger partial charge in [0.25, 0.3) is 0 Å². The van der Waals surface area contributed by atoms with Gasteiger partial charge in [-0.15, -0.1) is 0 Å². The molecule has 0 fully saturated rings. The summed E-state index contributed by atoms with van der Waals surface area (Å²) in [5.74, 6) is 0. The lowest BCUT2D eigenvalue weighted by Gasteiger charge is -2.09. The molecule has 1 heterocycles. The second kappa shape index (κ2) is 7.81. The number of urea groups is 1. The van der Waals surface area contributed by atoms with Crippen LogP contribution in [0.4, 0.5) is 10.5 Å². The van der Waals surface area contributed by atoms with Crippen molar-refractivity contribution in [2.45, 2.75) is 13.0 Å². The Morgan fingerprint density at radius 3 is 2.72 bits per heavy atom. The van der Waals surface area contributed by atoms with Crippen LogP contribution in [0.5, 0.6) is 0 Å². The number of anilines is 1. The highest BCUT2D eigenvalue weighted by atomic mass is 16.5. The van der Waals surface area contributed by atoms with Crippen LogP contribution in [0.1, 0.15) is 11.3 Å². The minimum Gasteiger partial charge on any atom is -0.356 e. The molecule has 6 heteroatoms. The number of aromatic nitrogens is 1. The molecule has 1 aromatic heterocycles. The van der Waals surface area contributed by atoms with Crippen LogP contribution in [0.15, 0.2) is 53.1 Å². The average molecular weight is 338 g/mol. The van der Waals surface area contributed by atoms with Crippen molar-refractivity contribution in [3.63, 3.8) is 0 Å². The van der Waals surface area contributed by atoms with Gasteiger partial charge in [-0.2, -0.15) is 0 Å². The summed E-state index contributed by atoms with van der Waals surface area (Å²) in [6.07, 6.45) is 0.798. The third kappa shape index (κ3) is 4.58. The van der Waals surface area contributed by atoms with Crippen LogP contribution in [0.2, 0.25) is 0 Å². The third-order valence-corrected chi connectivity index (χ3v) is 3.81. The van der Waals surface area contributed by atoms with E-state index in [0.29, 0.717) is 24.4 Å². The normalized spacial score (nSPS) is 11.0. The van der Waals surface area contributed by atoms with Gasteiger partial charge in [-0.1, -0.05) is 35.5 Å². The summed E-state index contributed by atoms with van der Waals surface area (Å²) >= 11 is 0. The van der Waals surface area contributed by atoms with Crippen LogP contribution >= 0.6 is 0 Å². The molecule has 0 aliphatic rings. The van der Waals surface area contributed by atoms with E-state index < -0.39 is 0 Å².